The second kappa shape index (κ2) is 4.15. The Kier molecular flexibility index (Phi) is 2.64. The number of hydrogen-bond donors (Lipinski definition) is 0. The zero-order chi connectivity index (χ0) is 11.8. The van der Waals surface area contributed by atoms with Gasteiger partial charge in [0.25, 0.3) is 0 Å². The molecule has 2 aliphatic carbocycles. The van der Waals surface area contributed by atoms with Crippen LogP contribution in [0.1, 0.15) is 24.8 Å². The lowest BCUT2D eigenvalue weighted by Crippen LogP contribution is -2.29. The number of halogens is 1. The minimum atomic E-state index is -0.0626. The molecule has 0 saturated carbocycles. The molecule has 0 aliphatic heterocycles. The summed E-state index contributed by atoms with van der Waals surface area (Å²) in [6, 6.07) is 9.98. The summed E-state index contributed by atoms with van der Waals surface area (Å²) in [6.45, 7) is 0. The van der Waals surface area contributed by atoms with Gasteiger partial charge in [0, 0.05) is 0 Å². The van der Waals surface area contributed by atoms with E-state index in [4.69, 9.17) is 11.6 Å². The van der Waals surface area contributed by atoms with Gasteiger partial charge in [0.2, 0.25) is 0 Å². The first-order valence-corrected chi connectivity index (χ1v) is 6.35. The highest BCUT2D eigenvalue weighted by molar-refractivity contribution is 6.51. The Labute approximate surface area is 106 Å². The summed E-state index contributed by atoms with van der Waals surface area (Å²) in [7, 11) is 0. The SMILES string of the molecule is O=C1C(Cl)=C(c2ccccc2)C1C1=CCCC1. The average Bonchev–Trinajstić information content (AvgIpc) is 2.88. The molecule has 0 spiro atoms. The van der Waals surface area contributed by atoms with E-state index in [1.165, 1.54) is 12.0 Å². The monoisotopic (exact) mass is 244 g/mol. The summed E-state index contributed by atoms with van der Waals surface area (Å²) < 4.78 is 0. The van der Waals surface area contributed by atoms with Gasteiger partial charge in [-0.1, -0.05) is 53.6 Å². The zero-order valence-electron chi connectivity index (χ0n) is 9.45. The van der Waals surface area contributed by atoms with E-state index in [0.717, 1.165) is 24.0 Å². The lowest BCUT2D eigenvalue weighted by Gasteiger charge is -2.30. The molecule has 1 aromatic rings. The van der Waals surface area contributed by atoms with Crippen LogP contribution in [0, 0.1) is 5.92 Å². The minimum absolute atomic E-state index is 0.0626. The van der Waals surface area contributed by atoms with Crippen LogP contribution in [0.4, 0.5) is 0 Å². The van der Waals surface area contributed by atoms with Gasteiger partial charge in [-0.25, -0.2) is 0 Å². The number of allylic oxidation sites excluding steroid dienone is 4. The minimum Gasteiger partial charge on any atom is -0.292 e. The van der Waals surface area contributed by atoms with E-state index < -0.39 is 0 Å². The molecule has 2 aliphatic rings. The van der Waals surface area contributed by atoms with Crippen LogP contribution in [0.15, 0.2) is 47.0 Å². The van der Waals surface area contributed by atoms with Crippen molar-refractivity contribution in [2.75, 3.05) is 0 Å². The van der Waals surface area contributed by atoms with Crippen LogP contribution < -0.4 is 0 Å². The van der Waals surface area contributed by atoms with E-state index >= 15 is 0 Å². The maximum atomic E-state index is 11.9. The van der Waals surface area contributed by atoms with E-state index in [1.807, 2.05) is 30.3 Å². The first-order valence-electron chi connectivity index (χ1n) is 5.97. The van der Waals surface area contributed by atoms with Gasteiger partial charge in [0.1, 0.15) is 0 Å². The number of ketones is 1. The van der Waals surface area contributed by atoms with Crippen LogP contribution in [0.2, 0.25) is 0 Å². The van der Waals surface area contributed by atoms with Crippen molar-refractivity contribution in [3.63, 3.8) is 0 Å². The quantitative estimate of drug-likeness (QED) is 0.720. The van der Waals surface area contributed by atoms with Crippen LogP contribution in [0.3, 0.4) is 0 Å². The Bertz CT molecular complexity index is 525. The van der Waals surface area contributed by atoms with Gasteiger partial charge in [-0.2, -0.15) is 0 Å². The smallest absolute Gasteiger partial charge is 0.186 e. The Hall–Kier alpha value is -1.34. The Morgan fingerprint density at radius 2 is 1.94 bits per heavy atom. The fourth-order valence-corrected chi connectivity index (χ4v) is 2.99. The van der Waals surface area contributed by atoms with Crippen molar-refractivity contribution in [3.05, 3.63) is 52.6 Å². The molecule has 2 heteroatoms. The van der Waals surface area contributed by atoms with Crippen LogP contribution in [0.25, 0.3) is 5.57 Å². The second-order valence-corrected chi connectivity index (χ2v) is 4.94. The highest BCUT2D eigenvalue weighted by Crippen LogP contribution is 2.47. The summed E-state index contributed by atoms with van der Waals surface area (Å²) in [4.78, 5) is 11.9. The standard InChI is InChI=1S/C15H13ClO/c16-14-12(10-6-2-1-3-7-10)13(15(14)17)11-8-4-5-9-11/h1-3,6-8,13H,4-5,9H2. The van der Waals surface area contributed by atoms with E-state index in [0.29, 0.717) is 5.03 Å². The van der Waals surface area contributed by atoms with Gasteiger partial charge in [0.15, 0.2) is 5.78 Å². The fourth-order valence-electron chi connectivity index (χ4n) is 2.66. The number of carbonyl (C=O) groups excluding carboxylic acids is 1. The van der Waals surface area contributed by atoms with Gasteiger partial charge in [-0.05, 0) is 30.4 Å². The summed E-state index contributed by atoms with van der Waals surface area (Å²) in [5.41, 5.74) is 3.36. The molecule has 86 valence electrons. The Balaban J connectivity index is 2.01. The first-order chi connectivity index (χ1) is 8.29. The second-order valence-electron chi connectivity index (χ2n) is 4.56. The predicted octanol–water partition coefficient (Wildman–Crippen LogP) is 3.95. The normalized spacial score (nSPS) is 23.7. The molecular weight excluding hydrogens is 232 g/mol. The average molecular weight is 245 g/mol. The third-order valence-electron chi connectivity index (χ3n) is 3.54. The van der Waals surface area contributed by atoms with Gasteiger partial charge >= 0.3 is 0 Å². The number of carbonyl (C=O) groups is 1. The first kappa shape index (κ1) is 10.8. The lowest BCUT2D eigenvalue weighted by molar-refractivity contribution is -0.117. The molecule has 0 fully saturated rings. The third kappa shape index (κ3) is 1.66. The van der Waals surface area contributed by atoms with E-state index in [9.17, 15) is 4.79 Å². The van der Waals surface area contributed by atoms with Gasteiger partial charge < -0.3 is 0 Å². The van der Waals surface area contributed by atoms with Crippen molar-refractivity contribution in [1.29, 1.82) is 0 Å². The van der Waals surface area contributed by atoms with Crippen LogP contribution in [0.5, 0.6) is 0 Å². The molecular formula is C15H13ClO. The molecule has 1 unspecified atom stereocenters. The van der Waals surface area contributed by atoms with Gasteiger partial charge in [-0.15, -0.1) is 0 Å². The predicted molar refractivity (Wildman–Crippen MR) is 69.6 cm³/mol. The largest absolute Gasteiger partial charge is 0.292 e. The number of benzene rings is 1. The molecule has 0 bridgehead atoms. The molecule has 3 rings (SSSR count). The van der Waals surface area contributed by atoms with Crippen LogP contribution >= 0.6 is 11.6 Å². The molecule has 0 heterocycles. The number of hydrogen-bond acceptors (Lipinski definition) is 1. The molecule has 0 radical (unpaired) electrons. The van der Waals surface area contributed by atoms with Gasteiger partial charge in [0.05, 0.1) is 11.0 Å². The van der Waals surface area contributed by atoms with Crippen molar-refractivity contribution in [2.24, 2.45) is 5.92 Å². The van der Waals surface area contributed by atoms with Crippen molar-refractivity contribution in [3.8, 4) is 0 Å². The fraction of sp³-hybridized carbons (Fsp3) is 0.267. The molecule has 1 atom stereocenters. The number of Topliss-reactive ketones (excluding diaryl/α,β-unsaturated/α-hetero) is 1. The van der Waals surface area contributed by atoms with E-state index in [2.05, 4.69) is 6.08 Å². The Morgan fingerprint density at radius 1 is 1.18 bits per heavy atom. The molecule has 0 amide bonds. The third-order valence-corrected chi connectivity index (χ3v) is 3.93. The maximum absolute atomic E-state index is 11.9. The summed E-state index contributed by atoms with van der Waals surface area (Å²) in [6.07, 6.45) is 5.50. The van der Waals surface area contributed by atoms with Crippen molar-refractivity contribution >= 4 is 23.0 Å². The van der Waals surface area contributed by atoms with Crippen molar-refractivity contribution < 1.29 is 4.79 Å². The topological polar surface area (TPSA) is 17.1 Å². The highest BCUT2D eigenvalue weighted by atomic mass is 35.5. The van der Waals surface area contributed by atoms with Crippen LogP contribution in [-0.2, 0) is 4.79 Å². The van der Waals surface area contributed by atoms with Crippen molar-refractivity contribution in [1.82, 2.24) is 0 Å². The van der Waals surface area contributed by atoms with Gasteiger partial charge in [-0.3, -0.25) is 4.79 Å². The summed E-state index contributed by atoms with van der Waals surface area (Å²) in [5, 5.41) is 0.425. The Morgan fingerprint density at radius 3 is 2.59 bits per heavy atom. The molecule has 1 nitrogen and oxygen atoms in total. The molecule has 0 saturated heterocycles. The van der Waals surface area contributed by atoms with E-state index in [1.54, 1.807) is 0 Å². The highest BCUT2D eigenvalue weighted by Gasteiger charge is 2.41. The maximum Gasteiger partial charge on any atom is 0.186 e. The molecule has 0 N–H and O–H groups in total. The van der Waals surface area contributed by atoms with Crippen LogP contribution in [-0.4, -0.2) is 5.78 Å². The summed E-state index contributed by atoms with van der Waals surface area (Å²) in [5.74, 6) is 0.0334. The van der Waals surface area contributed by atoms with Crippen molar-refractivity contribution in [2.45, 2.75) is 19.3 Å². The van der Waals surface area contributed by atoms with E-state index in [-0.39, 0.29) is 11.7 Å². The lowest BCUT2D eigenvalue weighted by atomic mass is 9.74. The molecule has 17 heavy (non-hydrogen) atoms. The summed E-state index contributed by atoms with van der Waals surface area (Å²) >= 11 is 6.08. The number of rotatable bonds is 2. The molecule has 0 aromatic heterocycles. The molecule has 1 aromatic carbocycles. The zero-order valence-corrected chi connectivity index (χ0v) is 10.2.